The van der Waals surface area contributed by atoms with Crippen LogP contribution >= 0.6 is 11.3 Å². The summed E-state index contributed by atoms with van der Waals surface area (Å²) in [6.45, 7) is 1.97. The van der Waals surface area contributed by atoms with Gasteiger partial charge in [0.05, 0.1) is 21.2 Å². The lowest BCUT2D eigenvalue weighted by Gasteiger charge is -2.35. The van der Waals surface area contributed by atoms with Gasteiger partial charge in [-0.05, 0) is 74.3 Å². The molecular weight excluding hydrogens is 613 g/mol. The summed E-state index contributed by atoms with van der Waals surface area (Å²) in [5.41, 5.74) is 1.42. The predicted molar refractivity (Wildman–Crippen MR) is 160 cm³/mol. The number of rotatable bonds is 6. The average molecular weight is 645 g/mol. The number of alkyl halides is 3. The number of hydrogen-bond donors (Lipinski definition) is 2. The fourth-order valence-electron chi connectivity index (χ4n) is 6.72. The van der Waals surface area contributed by atoms with Gasteiger partial charge >= 0.3 is 6.18 Å². The molecule has 2 atom stereocenters. The second kappa shape index (κ2) is 10.1. The number of anilines is 3. The molecule has 2 saturated carbocycles. The normalized spacial score (nSPS) is 24.8. The first-order valence-corrected chi connectivity index (χ1v) is 17.5. The van der Waals surface area contributed by atoms with E-state index in [0.717, 1.165) is 73.2 Å². The van der Waals surface area contributed by atoms with E-state index >= 15 is 0 Å². The molecule has 1 amide bonds. The SMILES string of the molecule is O=C1c2sc(-c3nc(Nc4ccc(N5C[C@H]6CC[C@@H](C5)N6)cc4C4CC4)ncc3C(F)(F)F)cc2S(=O)(=O)CCN1C1CC1. The number of halogens is 3. The van der Waals surface area contributed by atoms with Crippen LogP contribution in [0.15, 0.2) is 35.4 Å². The van der Waals surface area contributed by atoms with Gasteiger partial charge in [-0.3, -0.25) is 4.79 Å². The fraction of sp³-hybridized carbons (Fsp3) is 0.500. The Labute approximate surface area is 256 Å². The number of nitrogens with one attached hydrogen (secondary N) is 2. The molecule has 5 aliphatic rings. The number of thiophene rings is 1. The molecule has 232 valence electrons. The van der Waals surface area contributed by atoms with Crippen LogP contribution < -0.4 is 15.5 Å². The zero-order chi connectivity index (χ0) is 30.4. The second-order valence-electron chi connectivity index (χ2n) is 12.5. The van der Waals surface area contributed by atoms with Crippen molar-refractivity contribution in [3.63, 3.8) is 0 Å². The molecule has 3 aromatic rings. The number of benzene rings is 1. The van der Waals surface area contributed by atoms with E-state index in [1.807, 2.05) is 12.1 Å². The number of carbonyl (C=O) groups is 1. The Morgan fingerprint density at radius 3 is 2.45 bits per heavy atom. The summed E-state index contributed by atoms with van der Waals surface area (Å²) < 4.78 is 68.8. The number of carbonyl (C=O) groups excluding carboxylic acids is 1. The Kier molecular flexibility index (Phi) is 6.51. The van der Waals surface area contributed by atoms with Crippen LogP contribution in [0.4, 0.5) is 30.5 Å². The monoisotopic (exact) mass is 644 g/mol. The summed E-state index contributed by atoms with van der Waals surface area (Å²) in [4.78, 5) is 25.3. The number of nitrogens with zero attached hydrogens (tertiary/aromatic N) is 4. The highest BCUT2D eigenvalue weighted by Gasteiger charge is 2.42. The maximum Gasteiger partial charge on any atom is 0.420 e. The lowest BCUT2D eigenvalue weighted by Crippen LogP contribution is -2.51. The van der Waals surface area contributed by atoms with Crippen molar-refractivity contribution in [3.8, 4) is 10.6 Å². The van der Waals surface area contributed by atoms with Crippen molar-refractivity contribution < 1.29 is 26.4 Å². The molecule has 2 N–H and O–H groups in total. The minimum atomic E-state index is -4.79. The largest absolute Gasteiger partial charge is 0.420 e. The van der Waals surface area contributed by atoms with E-state index in [1.165, 1.54) is 23.8 Å². The van der Waals surface area contributed by atoms with Crippen LogP contribution in [0.25, 0.3) is 10.6 Å². The lowest BCUT2D eigenvalue weighted by molar-refractivity contribution is -0.137. The smallest absolute Gasteiger partial charge is 0.368 e. The summed E-state index contributed by atoms with van der Waals surface area (Å²) >= 11 is 0.748. The van der Waals surface area contributed by atoms with E-state index in [9.17, 15) is 26.4 Å². The molecule has 8 rings (SSSR count). The summed E-state index contributed by atoms with van der Waals surface area (Å²) in [6.07, 6.45) is 1.94. The van der Waals surface area contributed by atoms with E-state index in [0.29, 0.717) is 18.0 Å². The topological polar surface area (TPSA) is 108 Å². The summed E-state index contributed by atoms with van der Waals surface area (Å²) in [6, 6.07) is 8.28. The number of piperazine rings is 1. The van der Waals surface area contributed by atoms with Gasteiger partial charge in [-0.2, -0.15) is 13.2 Å². The number of amides is 1. The standard InChI is InChI=1S/C30H31F3N6O3S2/c31-30(32,33)22-13-34-29(36-23-8-7-20(11-21(23)16-1-2-16)38-14-17-3-4-18(15-38)35-17)37-26(22)24-12-25-27(43-24)28(40)39(19-5-6-19)9-10-44(25,41)42/h7-8,11-13,16-19,35H,1-6,9-10,14-15H2,(H,34,36,37)/t17-,18+. The van der Waals surface area contributed by atoms with Gasteiger partial charge in [-0.25, -0.2) is 18.4 Å². The third-order valence-corrected chi connectivity index (χ3v) is 12.3. The highest BCUT2D eigenvalue weighted by molar-refractivity contribution is 7.91. The average Bonchev–Trinajstić information content (AvgIpc) is 3.92. The highest BCUT2D eigenvalue weighted by Crippen LogP contribution is 2.47. The first-order chi connectivity index (χ1) is 21.0. The van der Waals surface area contributed by atoms with Crippen molar-refractivity contribution in [2.45, 2.75) is 73.6 Å². The minimum absolute atomic E-state index is 0.0245. The Bertz CT molecular complexity index is 1760. The highest BCUT2D eigenvalue weighted by atomic mass is 32.2. The van der Waals surface area contributed by atoms with E-state index in [4.69, 9.17) is 0 Å². The molecule has 0 unspecified atom stereocenters. The van der Waals surface area contributed by atoms with Gasteiger partial charge in [0.25, 0.3) is 5.91 Å². The molecule has 3 aliphatic heterocycles. The lowest BCUT2D eigenvalue weighted by atomic mass is 10.1. The number of sulfone groups is 1. The van der Waals surface area contributed by atoms with Crippen molar-refractivity contribution in [3.05, 3.63) is 46.5 Å². The first kappa shape index (κ1) is 28.3. The van der Waals surface area contributed by atoms with Gasteiger partial charge in [0.1, 0.15) is 10.4 Å². The van der Waals surface area contributed by atoms with E-state index in [-0.39, 0.29) is 38.9 Å². The molecule has 44 heavy (non-hydrogen) atoms. The van der Waals surface area contributed by atoms with Gasteiger partial charge in [-0.1, -0.05) is 0 Å². The van der Waals surface area contributed by atoms with Crippen LogP contribution in [0.3, 0.4) is 0 Å². The molecule has 2 saturated heterocycles. The number of hydrogen-bond acceptors (Lipinski definition) is 9. The van der Waals surface area contributed by atoms with Crippen molar-refractivity contribution in [1.82, 2.24) is 20.2 Å². The van der Waals surface area contributed by atoms with Crippen molar-refractivity contribution in [2.24, 2.45) is 0 Å². The molecule has 9 nitrogen and oxygen atoms in total. The van der Waals surface area contributed by atoms with Gasteiger partial charge in [0.15, 0.2) is 9.84 Å². The molecular formula is C30H31F3N6O3S2. The van der Waals surface area contributed by atoms with Gasteiger partial charge in [0.2, 0.25) is 5.95 Å². The molecule has 0 spiro atoms. The molecule has 0 radical (unpaired) electrons. The minimum Gasteiger partial charge on any atom is -0.368 e. The number of fused-ring (bicyclic) bond motifs is 3. The first-order valence-electron chi connectivity index (χ1n) is 15.1. The Morgan fingerprint density at radius 2 is 1.77 bits per heavy atom. The van der Waals surface area contributed by atoms with Crippen LogP contribution in [-0.2, 0) is 16.0 Å². The van der Waals surface area contributed by atoms with E-state index < -0.39 is 33.2 Å². The fourth-order valence-corrected chi connectivity index (χ4v) is 9.64. The Hall–Kier alpha value is -3.23. The quantitative estimate of drug-likeness (QED) is 0.378. The van der Waals surface area contributed by atoms with Crippen LogP contribution in [0, 0.1) is 0 Å². The molecule has 2 bridgehead atoms. The molecule has 14 heteroatoms. The number of aromatic nitrogens is 2. The predicted octanol–water partition coefficient (Wildman–Crippen LogP) is 5.18. The maximum absolute atomic E-state index is 14.2. The van der Waals surface area contributed by atoms with E-state index in [2.05, 4.69) is 31.6 Å². The third kappa shape index (κ3) is 5.14. The van der Waals surface area contributed by atoms with Crippen LogP contribution in [-0.4, -0.2) is 72.7 Å². The van der Waals surface area contributed by atoms with Crippen LogP contribution in [0.2, 0.25) is 0 Å². The summed E-state index contributed by atoms with van der Waals surface area (Å²) in [5, 5.41) is 6.81. The van der Waals surface area contributed by atoms with Crippen LogP contribution in [0.1, 0.15) is 65.2 Å². The molecule has 1 aromatic carbocycles. The van der Waals surface area contributed by atoms with Crippen molar-refractivity contribution in [2.75, 3.05) is 35.6 Å². The second-order valence-corrected chi connectivity index (χ2v) is 15.6. The van der Waals surface area contributed by atoms with Gasteiger partial charge in [0, 0.05) is 55.3 Å². The Morgan fingerprint density at radius 1 is 1.02 bits per heavy atom. The summed E-state index contributed by atoms with van der Waals surface area (Å²) in [7, 11) is -3.87. The molecule has 5 heterocycles. The molecule has 2 aromatic heterocycles. The third-order valence-electron chi connectivity index (χ3n) is 9.28. The summed E-state index contributed by atoms with van der Waals surface area (Å²) in [5.74, 6) is -0.395. The molecule has 4 fully saturated rings. The van der Waals surface area contributed by atoms with E-state index in [1.54, 1.807) is 0 Å². The molecule has 2 aliphatic carbocycles. The zero-order valence-corrected chi connectivity index (χ0v) is 25.4. The maximum atomic E-state index is 14.2. The van der Waals surface area contributed by atoms with Crippen molar-refractivity contribution >= 4 is 44.4 Å². The van der Waals surface area contributed by atoms with Crippen LogP contribution in [0.5, 0.6) is 0 Å². The van der Waals surface area contributed by atoms with Gasteiger partial charge < -0.3 is 20.4 Å². The van der Waals surface area contributed by atoms with Crippen molar-refractivity contribution in [1.29, 1.82) is 0 Å². The Balaban J connectivity index is 1.15. The zero-order valence-electron chi connectivity index (χ0n) is 23.7. The van der Waals surface area contributed by atoms with Gasteiger partial charge in [-0.15, -0.1) is 11.3 Å².